The van der Waals surface area contributed by atoms with Crippen molar-refractivity contribution in [2.75, 3.05) is 0 Å². The lowest BCUT2D eigenvalue weighted by Gasteiger charge is -2.41. The van der Waals surface area contributed by atoms with Gasteiger partial charge in [-0.1, -0.05) is 30.3 Å². The molecule has 128 valence electrons. The number of alkyl halides is 3. The number of ether oxygens (including phenoxy) is 1. The summed E-state index contributed by atoms with van der Waals surface area (Å²) in [5.41, 5.74) is 6.41. The van der Waals surface area contributed by atoms with E-state index in [0.29, 0.717) is 5.56 Å². The summed E-state index contributed by atoms with van der Waals surface area (Å²) in [6.07, 6.45) is -5.35. The first-order valence-corrected chi connectivity index (χ1v) is 7.00. The Hall–Kier alpha value is -1.84. The van der Waals surface area contributed by atoms with Gasteiger partial charge in [0.2, 0.25) is 0 Å². The molecule has 1 aliphatic rings. The smallest absolute Gasteiger partial charge is 0.441 e. The zero-order chi connectivity index (χ0) is 17.3. The highest BCUT2D eigenvalue weighted by Crippen LogP contribution is 2.31. The van der Waals surface area contributed by atoms with E-state index in [2.05, 4.69) is 16.4 Å². The first-order valence-electron chi connectivity index (χ1n) is 7.00. The van der Waals surface area contributed by atoms with Crippen molar-refractivity contribution in [3.8, 4) is 0 Å². The van der Waals surface area contributed by atoms with Crippen LogP contribution in [0.1, 0.15) is 32.4 Å². The molecule has 2 atom stereocenters. The highest BCUT2D eigenvalue weighted by atomic mass is 19.4. The van der Waals surface area contributed by atoms with Crippen molar-refractivity contribution in [3.05, 3.63) is 35.9 Å². The number of amides is 1. The summed E-state index contributed by atoms with van der Waals surface area (Å²) in [6.45, 7) is 4.99. The molecule has 6 nitrogen and oxygen atoms in total. The first kappa shape index (κ1) is 17.5. The lowest BCUT2D eigenvalue weighted by atomic mass is 9.99. The van der Waals surface area contributed by atoms with Crippen LogP contribution in [0, 0.1) is 0 Å². The maximum absolute atomic E-state index is 13.2. The lowest BCUT2D eigenvalue weighted by Crippen LogP contribution is -2.71. The Morgan fingerprint density at radius 2 is 1.78 bits per heavy atom. The fraction of sp³-hybridized carbons (Fsp3) is 0.500. The third-order valence-electron chi connectivity index (χ3n) is 3.02. The van der Waals surface area contributed by atoms with Crippen LogP contribution in [0.5, 0.6) is 0 Å². The fourth-order valence-electron chi connectivity index (χ4n) is 2.07. The van der Waals surface area contributed by atoms with Gasteiger partial charge in [0.25, 0.3) is 0 Å². The van der Waals surface area contributed by atoms with Gasteiger partial charge in [0.05, 0.1) is 6.04 Å². The summed E-state index contributed by atoms with van der Waals surface area (Å²) in [5.74, 6) is 0. The van der Waals surface area contributed by atoms with E-state index in [9.17, 15) is 18.0 Å². The molecule has 2 rings (SSSR count). The van der Waals surface area contributed by atoms with Crippen molar-refractivity contribution in [1.29, 1.82) is 0 Å². The molecule has 1 aromatic rings. The number of nitrogens with zero attached hydrogens (tertiary/aromatic N) is 1. The van der Waals surface area contributed by atoms with Crippen molar-refractivity contribution >= 4 is 6.09 Å². The molecule has 0 saturated carbocycles. The molecule has 1 fully saturated rings. The highest BCUT2D eigenvalue weighted by molar-refractivity contribution is 5.67. The number of halogens is 3. The van der Waals surface area contributed by atoms with Crippen LogP contribution < -0.4 is 16.4 Å². The van der Waals surface area contributed by atoms with Crippen LogP contribution >= 0.6 is 0 Å². The van der Waals surface area contributed by atoms with Crippen LogP contribution in [0.15, 0.2) is 30.3 Å². The second-order valence-corrected chi connectivity index (χ2v) is 6.11. The largest absolute Gasteiger partial charge is 0.442 e. The number of benzene rings is 1. The van der Waals surface area contributed by atoms with E-state index in [-0.39, 0.29) is 0 Å². The average molecular weight is 332 g/mol. The number of rotatable bonds is 1. The highest BCUT2D eigenvalue weighted by Gasteiger charge is 2.49. The van der Waals surface area contributed by atoms with E-state index in [1.165, 1.54) is 0 Å². The minimum atomic E-state index is -4.51. The zero-order valence-electron chi connectivity index (χ0n) is 12.9. The van der Waals surface area contributed by atoms with Crippen LogP contribution in [0.25, 0.3) is 0 Å². The Kier molecular flexibility index (Phi) is 4.83. The third-order valence-corrected chi connectivity index (χ3v) is 3.02. The van der Waals surface area contributed by atoms with E-state index in [4.69, 9.17) is 4.74 Å². The maximum atomic E-state index is 13.2. The van der Waals surface area contributed by atoms with Crippen molar-refractivity contribution in [3.63, 3.8) is 0 Å². The predicted octanol–water partition coefficient (Wildman–Crippen LogP) is 2.42. The summed E-state index contributed by atoms with van der Waals surface area (Å²) in [7, 11) is 0. The first-order chi connectivity index (χ1) is 10.6. The Bertz CT molecular complexity index is 545. The summed E-state index contributed by atoms with van der Waals surface area (Å²) in [4.78, 5) is 12.0. The molecule has 1 heterocycles. The van der Waals surface area contributed by atoms with Gasteiger partial charge in [-0.2, -0.15) is 18.3 Å². The summed E-state index contributed by atoms with van der Waals surface area (Å²) >= 11 is 0. The van der Waals surface area contributed by atoms with E-state index in [1.807, 2.05) is 0 Å². The van der Waals surface area contributed by atoms with Crippen LogP contribution in [-0.4, -0.2) is 29.0 Å². The van der Waals surface area contributed by atoms with Gasteiger partial charge >= 0.3 is 12.3 Å². The van der Waals surface area contributed by atoms with Gasteiger partial charge in [-0.3, -0.25) is 0 Å². The summed E-state index contributed by atoms with van der Waals surface area (Å²) in [5, 5.41) is 0.769. The molecule has 0 aliphatic carbocycles. The van der Waals surface area contributed by atoms with Crippen molar-refractivity contribution in [2.45, 2.75) is 44.6 Å². The molecule has 0 radical (unpaired) electrons. The van der Waals surface area contributed by atoms with Crippen molar-refractivity contribution in [1.82, 2.24) is 21.5 Å². The van der Waals surface area contributed by atoms with Gasteiger partial charge in [0.1, 0.15) is 11.6 Å². The SMILES string of the molecule is CC(C)(C)OC(=O)N1NNC(C(F)(F)F)C(c2ccccc2)N1. The van der Waals surface area contributed by atoms with Gasteiger partial charge in [-0.15, -0.1) is 5.53 Å². The second kappa shape index (κ2) is 6.34. The van der Waals surface area contributed by atoms with Gasteiger partial charge in [-0.05, 0) is 26.3 Å². The molecule has 1 aromatic carbocycles. The van der Waals surface area contributed by atoms with E-state index >= 15 is 0 Å². The van der Waals surface area contributed by atoms with Crippen LogP contribution in [0.3, 0.4) is 0 Å². The number of carbonyl (C=O) groups excluding carboxylic acids is 1. The summed E-state index contributed by atoms with van der Waals surface area (Å²) < 4.78 is 44.7. The Morgan fingerprint density at radius 3 is 2.30 bits per heavy atom. The summed E-state index contributed by atoms with van der Waals surface area (Å²) in [6, 6.07) is 4.96. The molecule has 0 bridgehead atoms. The number of carbonyl (C=O) groups is 1. The second-order valence-electron chi connectivity index (χ2n) is 6.11. The molecule has 0 spiro atoms. The molecule has 2 unspecified atom stereocenters. The zero-order valence-corrected chi connectivity index (χ0v) is 12.9. The predicted molar refractivity (Wildman–Crippen MR) is 76.5 cm³/mol. The molecule has 1 aliphatic heterocycles. The van der Waals surface area contributed by atoms with Gasteiger partial charge in [-0.25, -0.2) is 15.6 Å². The standard InChI is InChI=1S/C14H19F3N4O2/c1-13(2,3)23-12(22)21-19-10(9-7-5-4-6-8-9)11(18-20-21)14(15,16)17/h4-8,10-11,18-20H,1-3H3. The number of hydrazine groups is 3. The molecular formula is C14H19F3N4O2. The Labute approximate surface area is 131 Å². The number of hydrogen-bond acceptors (Lipinski definition) is 5. The van der Waals surface area contributed by atoms with Crippen LogP contribution in [-0.2, 0) is 4.74 Å². The topological polar surface area (TPSA) is 65.6 Å². The number of nitrogens with one attached hydrogen (secondary N) is 3. The fourth-order valence-corrected chi connectivity index (χ4v) is 2.07. The normalized spacial score (nSPS) is 22.8. The molecular weight excluding hydrogens is 313 g/mol. The van der Waals surface area contributed by atoms with E-state index < -0.39 is 30.0 Å². The van der Waals surface area contributed by atoms with Crippen LogP contribution in [0.4, 0.5) is 18.0 Å². The average Bonchev–Trinajstić information content (AvgIpc) is 2.45. The molecule has 0 aromatic heterocycles. The van der Waals surface area contributed by atoms with E-state index in [0.717, 1.165) is 5.12 Å². The van der Waals surface area contributed by atoms with E-state index in [1.54, 1.807) is 51.1 Å². The molecule has 9 heteroatoms. The number of hydrogen-bond donors (Lipinski definition) is 3. The lowest BCUT2D eigenvalue weighted by molar-refractivity contribution is -0.188. The minimum absolute atomic E-state index is 0.386. The van der Waals surface area contributed by atoms with Gasteiger partial charge in [0.15, 0.2) is 0 Å². The van der Waals surface area contributed by atoms with Gasteiger partial charge in [0, 0.05) is 0 Å². The van der Waals surface area contributed by atoms with Crippen molar-refractivity contribution in [2.24, 2.45) is 0 Å². The van der Waals surface area contributed by atoms with Gasteiger partial charge < -0.3 is 4.74 Å². The molecule has 23 heavy (non-hydrogen) atoms. The monoisotopic (exact) mass is 332 g/mol. The maximum Gasteiger partial charge on any atom is 0.441 e. The Balaban J connectivity index is 2.21. The van der Waals surface area contributed by atoms with Crippen LogP contribution in [0.2, 0.25) is 0 Å². The molecule has 1 amide bonds. The Morgan fingerprint density at radius 1 is 1.17 bits per heavy atom. The quantitative estimate of drug-likeness (QED) is 0.737. The molecule has 3 N–H and O–H groups in total. The third kappa shape index (κ3) is 4.57. The van der Waals surface area contributed by atoms with Crippen molar-refractivity contribution < 1.29 is 22.7 Å². The minimum Gasteiger partial charge on any atom is -0.442 e. The molecule has 1 saturated heterocycles.